The zero-order valence-corrected chi connectivity index (χ0v) is 13.9. The number of carbonyl (C=O) groups is 1. The molecule has 0 unspecified atom stereocenters. The molecule has 6 heteroatoms. The number of hydrogen-bond donors (Lipinski definition) is 2. The molecule has 21 heavy (non-hydrogen) atoms. The number of nitrogens with one attached hydrogen (secondary N) is 2. The predicted octanol–water partition coefficient (Wildman–Crippen LogP) is 3.01. The van der Waals surface area contributed by atoms with Crippen LogP contribution in [0.2, 0.25) is 10.0 Å². The Balaban J connectivity index is 1.83. The largest absolute Gasteiger partial charge is 0.322 e. The van der Waals surface area contributed by atoms with Gasteiger partial charge in [0.1, 0.15) is 0 Å². The van der Waals surface area contributed by atoms with Gasteiger partial charge in [0, 0.05) is 12.1 Å². The lowest BCUT2D eigenvalue weighted by Gasteiger charge is -2.47. The summed E-state index contributed by atoms with van der Waals surface area (Å²) < 4.78 is 0. The number of anilines is 1. The zero-order chi connectivity index (χ0) is 15.5. The Morgan fingerprint density at radius 2 is 1.90 bits per heavy atom. The summed E-state index contributed by atoms with van der Waals surface area (Å²) in [5.74, 6) is -0.141. The smallest absolute Gasteiger partial charge is 0.238 e. The van der Waals surface area contributed by atoms with Crippen LogP contribution in [0.3, 0.4) is 0 Å². The third-order valence-electron chi connectivity index (χ3n) is 4.20. The van der Waals surface area contributed by atoms with Crippen molar-refractivity contribution in [1.29, 1.82) is 0 Å². The lowest BCUT2D eigenvalue weighted by Crippen LogP contribution is -2.57. The average molecular weight is 330 g/mol. The molecule has 2 N–H and O–H groups in total. The molecule has 0 heterocycles. The van der Waals surface area contributed by atoms with Gasteiger partial charge in [-0.05, 0) is 45.5 Å². The Hall–Kier alpha value is -0.810. The number of amides is 1. The van der Waals surface area contributed by atoms with Gasteiger partial charge in [0.05, 0.1) is 22.3 Å². The Kier molecular flexibility index (Phi) is 5.49. The Morgan fingerprint density at radius 3 is 2.38 bits per heavy atom. The van der Waals surface area contributed by atoms with Crippen molar-refractivity contribution in [2.75, 3.05) is 32.5 Å². The minimum absolute atomic E-state index is 0.141. The molecule has 1 aromatic rings. The second kappa shape index (κ2) is 6.97. The molecule has 0 spiro atoms. The summed E-state index contributed by atoms with van der Waals surface area (Å²) in [5.41, 5.74) is 0.668. The summed E-state index contributed by atoms with van der Waals surface area (Å²) in [6.07, 6.45) is 3.59. The number of benzene rings is 1. The molecular weight excluding hydrogens is 309 g/mol. The van der Waals surface area contributed by atoms with E-state index >= 15 is 0 Å². The average Bonchev–Trinajstić information content (AvgIpc) is 2.36. The highest BCUT2D eigenvalue weighted by atomic mass is 35.5. The minimum Gasteiger partial charge on any atom is -0.322 e. The van der Waals surface area contributed by atoms with E-state index in [1.165, 1.54) is 19.3 Å². The van der Waals surface area contributed by atoms with Crippen LogP contribution in [0.1, 0.15) is 19.3 Å². The van der Waals surface area contributed by atoms with Gasteiger partial charge < -0.3 is 15.5 Å². The molecule has 2 rings (SSSR count). The maximum absolute atomic E-state index is 12.0. The number of halogens is 2. The Bertz CT molecular complexity index is 495. The molecular formula is C15H21Cl2N3O. The molecule has 1 aliphatic carbocycles. The highest BCUT2D eigenvalue weighted by molar-refractivity contribution is 6.39. The minimum atomic E-state index is -0.141. The van der Waals surface area contributed by atoms with Crippen molar-refractivity contribution in [3.63, 3.8) is 0 Å². The summed E-state index contributed by atoms with van der Waals surface area (Å²) in [5, 5.41) is 6.87. The number of para-hydroxylation sites is 1. The standard InChI is InChI=1S/C15H21Cl2N3O/c1-20(2)15(7-4-8-15)10-18-9-13(21)19-14-11(16)5-3-6-12(14)17/h3,5-6,18H,4,7-10H2,1-2H3,(H,19,21). The van der Waals surface area contributed by atoms with E-state index in [2.05, 4.69) is 29.6 Å². The lowest BCUT2D eigenvalue weighted by molar-refractivity contribution is -0.115. The van der Waals surface area contributed by atoms with Gasteiger partial charge in [-0.15, -0.1) is 0 Å². The first kappa shape index (κ1) is 16.6. The van der Waals surface area contributed by atoms with Crippen LogP contribution in [-0.2, 0) is 4.79 Å². The van der Waals surface area contributed by atoms with Crippen LogP contribution in [0.5, 0.6) is 0 Å². The molecule has 0 radical (unpaired) electrons. The van der Waals surface area contributed by atoms with E-state index in [4.69, 9.17) is 23.2 Å². The Labute approximate surface area is 135 Å². The van der Waals surface area contributed by atoms with Crippen molar-refractivity contribution in [3.05, 3.63) is 28.2 Å². The van der Waals surface area contributed by atoms with E-state index in [0.717, 1.165) is 6.54 Å². The molecule has 116 valence electrons. The fraction of sp³-hybridized carbons (Fsp3) is 0.533. The van der Waals surface area contributed by atoms with Crippen molar-refractivity contribution in [3.8, 4) is 0 Å². The van der Waals surface area contributed by atoms with Gasteiger partial charge in [0.2, 0.25) is 5.91 Å². The summed E-state index contributed by atoms with van der Waals surface area (Å²) >= 11 is 12.1. The molecule has 0 aromatic heterocycles. The highest BCUT2D eigenvalue weighted by Gasteiger charge is 2.38. The van der Waals surface area contributed by atoms with Crippen LogP contribution in [0.4, 0.5) is 5.69 Å². The van der Waals surface area contributed by atoms with E-state index in [0.29, 0.717) is 15.7 Å². The normalized spacial score (nSPS) is 16.6. The van der Waals surface area contributed by atoms with E-state index in [-0.39, 0.29) is 18.0 Å². The van der Waals surface area contributed by atoms with Crippen LogP contribution in [0.15, 0.2) is 18.2 Å². The number of likely N-dealkylation sites (N-methyl/N-ethyl adjacent to an activating group) is 1. The first-order chi connectivity index (χ1) is 9.94. The monoisotopic (exact) mass is 329 g/mol. The zero-order valence-electron chi connectivity index (χ0n) is 12.4. The van der Waals surface area contributed by atoms with Gasteiger partial charge in [0.15, 0.2) is 0 Å². The maximum atomic E-state index is 12.0. The predicted molar refractivity (Wildman–Crippen MR) is 88.2 cm³/mol. The highest BCUT2D eigenvalue weighted by Crippen LogP contribution is 2.35. The molecule has 0 bridgehead atoms. The number of rotatable bonds is 6. The van der Waals surface area contributed by atoms with Gasteiger partial charge in [-0.3, -0.25) is 4.79 Å². The summed E-state index contributed by atoms with van der Waals surface area (Å²) in [4.78, 5) is 14.2. The molecule has 1 amide bonds. The van der Waals surface area contributed by atoms with Crippen molar-refractivity contribution in [2.24, 2.45) is 0 Å². The molecule has 1 aliphatic rings. The fourth-order valence-corrected chi connectivity index (χ4v) is 3.07. The number of nitrogens with zero attached hydrogens (tertiary/aromatic N) is 1. The summed E-state index contributed by atoms with van der Waals surface area (Å²) in [6, 6.07) is 5.15. The molecule has 1 saturated carbocycles. The molecule has 0 saturated heterocycles. The van der Waals surface area contributed by atoms with Crippen molar-refractivity contribution in [1.82, 2.24) is 10.2 Å². The van der Waals surface area contributed by atoms with E-state index in [1.807, 2.05) is 0 Å². The van der Waals surface area contributed by atoms with Gasteiger partial charge in [-0.25, -0.2) is 0 Å². The first-order valence-electron chi connectivity index (χ1n) is 7.07. The molecule has 0 atom stereocenters. The molecule has 4 nitrogen and oxygen atoms in total. The van der Waals surface area contributed by atoms with E-state index < -0.39 is 0 Å². The lowest BCUT2D eigenvalue weighted by atomic mass is 9.75. The Morgan fingerprint density at radius 1 is 1.29 bits per heavy atom. The van der Waals surface area contributed by atoms with Gasteiger partial charge in [-0.1, -0.05) is 29.3 Å². The van der Waals surface area contributed by atoms with Crippen molar-refractivity contribution in [2.45, 2.75) is 24.8 Å². The third kappa shape index (κ3) is 3.89. The SMILES string of the molecule is CN(C)C1(CNCC(=O)Nc2c(Cl)cccc2Cl)CCC1. The van der Waals surface area contributed by atoms with E-state index in [1.54, 1.807) is 18.2 Å². The summed E-state index contributed by atoms with van der Waals surface area (Å²) in [7, 11) is 4.18. The first-order valence-corrected chi connectivity index (χ1v) is 7.82. The molecule has 1 fully saturated rings. The van der Waals surface area contributed by atoms with Gasteiger partial charge >= 0.3 is 0 Å². The maximum Gasteiger partial charge on any atom is 0.238 e. The second-order valence-corrected chi connectivity index (χ2v) is 6.54. The van der Waals surface area contributed by atoms with E-state index in [9.17, 15) is 4.79 Å². The van der Waals surface area contributed by atoms with Crippen molar-refractivity contribution >= 4 is 34.8 Å². The number of carbonyl (C=O) groups excluding carboxylic acids is 1. The fourth-order valence-electron chi connectivity index (χ4n) is 2.58. The van der Waals surface area contributed by atoms with Crippen molar-refractivity contribution < 1.29 is 4.79 Å². The van der Waals surface area contributed by atoms with Crippen LogP contribution >= 0.6 is 23.2 Å². The van der Waals surface area contributed by atoms with Gasteiger partial charge in [-0.2, -0.15) is 0 Å². The van der Waals surface area contributed by atoms with Crippen LogP contribution in [-0.4, -0.2) is 43.5 Å². The number of hydrogen-bond acceptors (Lipinski definition) is 3. The quantitative estimate of drug-likeness (QED) is 0.843. The third-order valence-corrected chi connectivity index (χ3v) is 4.83. The molecule has 1 aromatic carbocycles. The van der Waals surface area contributed by atoms with Crippen LogP contribution in [0, 0.1) is 0 Å². The van der Waals surface area contributed by atoms with Gasteiger partial charge in [0.25, 0.3) is 0 Å². The van der Waals surface area contributed by atoms with Crippen LogP contribution < -0.4 is 10.6 Å². The topological polar surface area (TPSA) is 44.4 Å². The molecule has 0 aliphatic heterocycles. The van der Waals surface area contributed by atoms with Crippen LogP contribution in [0.25, 0.3) is 0 Å². The second-order valence-electron chi connectivity index (χ2n) is 5.72. The summed E-state index contributed by atoms with van der Waals surface area (Å²) in [6.45, 7) is 1.06.